The molecule has 0 aliphatic rings. The van der Waals surface area contributed by atoms with Gasteiger partial charge in [0, 0.05) is 0 Å². The highest BCUT2D eigenvalue weighted by molar-refractivity contribution is 5.69. The molecule has 2 aromatic carbocycles. The average molecular weight is 348 g/mol. The Bertz CT molecular complexity index is 870. The van der Waals surface area contributed by atoms with Gasteiger partial charge in [0.05, 0.1) is 20.3 Å². The fraction of sp³-hybridized carbons (Fsp3) is 0.143. The highest BCUT2D eigenvalue weighted by Gasteiger charge is 2.07. The van der Waals surface area contributed by atoms with Crippen molar-refractivity contribution in [1.29, 1.82) is 0 Å². The number of benzene rings is 2. The van der Waals surface area contributed by atoms with Gasteiger partial charge in [0.1, 0.15) is 24.8 Å². The summed E-state index contributed by atoms with van der Waals surface area (Å²) < 4.78 is 22.4. The van der Waals surface area contributed by atoms with E-state index < -0.39 is 6.67 Å². The normalized spacial score (nSPS) is 11.4. The number of hydrogen-bond donors (Lipinski definition) is 0. The summed E-state index contributed by atoms with van der Waals surface area (Å²) in [5.41, 5.74) is 2.06. The smallest absolute Gasteiger partial charge is 0.195 e. The molecule has 0 radical (unpaired) electrons. The second-order valence-corrected chi connectivity index (χ2v) is 5.16. The van der Waals surface area contributed by atoms with Gasteiger partial charge in [-0.2, -0.15) is 0 Å². The van der Waals surface area contributed by atoms with Crippen molar-refractivity contribution in [2.24, 2.45) is 0 Å². The first-order valence-electron chi connectivity index (χ1n) is 7.81. The standard InChI is InChI=1S/C21H17FN2O2/c1-23-20(14-16-4-8-18(25-3)9-5-16)21(24-2)15-17-6-10-19(11-7-17)26-13-12-22/h4-11,14-15H,12-13H2,3H3. The second-order valence-electron chi connectivity index (χ2n) is 5.16. The number of rotatable bonds is 7. The minimum absolute atomic E-state index is 0.00889. The molecule has 0 aliphatic carbocycles. The molecule has 0 bridgehead atoms. The van der Waals surface area contributed by atoms with Gasteiger partial charge in [-0.05, 0) is 35.4 Å². The van der Waals surface area contributed by atoms with Crippen molar-refractivity contribution in [3.63, 3.8) is 0 Å². The molecule has 0 N–H and O–H groups in total. The van der Waals surface area contributed by atoms with Crippen LogP contribution in [0.15, 0.2) is 59.9 Å². The highest BCUT2D eigenvalue weighted by Crippen LogP contribution is 2.23. The van der Waals surface area contributed by atoms with Gasteiger partial charge >= 0.3 is 0 Å². The maximum Gasteiger partial charge on any atom is 0.195 e. The van der Waals surface area contributed by atoms with E-state index in [4.69, 9.17) is 22.6 Å². The molecular weight excluding hydrogens is 331 g/mol. The summed E-state index contributed by atoms with van der Waals surface area (Å²) in [6.07, 6.45) is 3.30. The summed E-state index contributed by atoms with van der Waals surface area (Å²) >= 11 is 0. The van der Waals surface area contributed by atoms with Gasteiger partial charge < -0.3 is 9.47 Å². The summed E-state index contributed by atoms with van der Waals surface area (Å²) in [5.74, 6) is 1.28. The van der Waals surface area contributed by atoms with Crippen LogP contribution in [0, 0.1) is 13.1 Å². The van der Waals surface area contributed by atoms with Gasteiger partial charge in [0.15, 0.2) is 11.4 Å². The van der Waals surface area contributed by atoms with Crippen LogP contribution in [0.3, 0.4) is 0 Å². The maximum atomic E-state index is 12.1. The van der Waals surface area contributed by atoms with Crippen molar-refractivity contribution in [1.82, 2.24) is 0 Å². The molecule has 2 aromatic rings. The first kappa shape index (κ1) is 18.8. The van der Waals surface area contributed by atoms with Crippen molar-refractivity contribution in [3.05, 3.63) is 93.9 Å². The average Bonchev–Trinajstić information content (AvgIpc) is 2.70. The van der Waals surface area contributed by atoms with Crippen LogP contribution in [-0.2, 0) is 0 Å². The first-order valence-corrected chi connectivity index (χ1v) is 7.81. The zero-order valence-corrected chi connectivity index (χ0v) is 14.3. The molecule has 0 atom stereocenters. The molecule has 4 nitrogen and oxygen atoms in total. The molecule has 0 spiro atoms. The highest BCUT2D eigenvalue weighted by atomic mass is 19.1. The molecule has 5 heteroatoms. The minimum Gasteiger partial charge on any atom is -0.497 e. The zero-order valence-electron chi connectivity index (χ0n) is 14.3. The fourth-order valence-corrected chi connectivity index (χ4v) is 2.16. The van der Waals surface area contributed by atoms with Gasteiger partial charge in [-0.25, -0.2) is 4.39 Å². The van der Waals surface area contributed by atoms with E-state index in [0.29, 0.717) is 5.75 Å². The van der Waals surface area contributed by atoms with Gasteiger partial charge in [-0.1, -0.05) is 36.4 Å². The van der Waals surface area contributed by atoms with Crippen LogP contribution in [0.5, 0.6) is 11.5 Å². The molecule has 0 aromatic heterocycles. The van der Waals surface area contributed by atoms with Crippen LogP contribution in [0.2, 0.25) is 0 Å². The Kier molecular flexibility index (Phi) is 6.97. The molecule has 0 saturated heterocycles. The van der Waals surface area contributed by atoms with E-state index in [0.717, 1.165) is 16.9 Å². The Morgan fingerprint density at radius 2 is 1.35 bits per heavy atom. The predicted octanol–water partition coefficient (Wildman–Crippen LogP) is 5.26. The largest absolute Gasteiger partial charge is 0.497 e. The van der Waals surface area contributed by atoms with E-state index in [1.807, 2.05) is 12.1 Å². The summed E-state index contributed by atoms with van der Waals surface area (Å²) in [6, 6.07) is 14.2. The fourth-order valence-electron chi connectivity index (χ4n) is 2.16. The SMILES string of the molecule is [C-]#[N+]C(=Cc1ccc(OC)cc1)C(=Cc1ccc(OCCF)cc1)[N+]#[C-]. The first-order chi connectivity index (χ1) is 12.7. The quantitative estimate of drug-likeness (QED) is 0.504. The lowest BCUT2D eigenvalue weighted by Crippen LogP contribution is -1.98. The Morgan fingerprint density at radius 1 is 0.885 bits per heavy atom. The molecule has 2 rings (SSSR count). The van der Waals surface area contributed by atoms with E-state index in [9.17, 15) is 4.39 Å². The second kappa shape index (κ2) is 9.66. The third-order valence-electron chi connectivity index (χ3n) is 3.45. The summed E-state index contributed by atoms with van der Waals surface area (Å²) in [4.78, 5) is 6.96. The lowest BCUT2D eigenvalue weighted by molar-refractivity contribution is 0.273. The molecule has 0 saturated carbocycles. The topological polar surface area (TPSA) is 27.2 Å². The number of alkyl halides is 1. The molecule has 0 amide bonds. The van der Waals surface area contributed by atoms with E-state index in [-0.39, 0.29) is 18.0 Å². The Morgan fingerprint density at radius 3 is 1.73 bits per heavy atom. The third kappa shape index (κ3) is 5.22. The molecule has 0 aliphatic heterocycles. The van der Waals surface area contributed by atoms with E-state index in [1.165, 1.54) is 0 Å². The van der Waals surface area contributed by atoms with E-state index >= 15 is 0 Å². The third-order valence-corrected chi connectivity index (χ3v) is 3.45. The van der Waals surface area contributed by atoms with E-state index in [2.05, 4.69) is 9.69 Å². The molecular formula is C21H17FN2O2. The zero-order chi connectivity index (χ0) is 18.8. The number of halogens is 1. The van der Waals surface area contributed by atoms with Gasteiger partial charge in [0.2, 0.25) is 0 Å². The molecule has 0 fully saturated rings. The van der Waals surface area contributed by atoms with Crippen LogP contribution in [0.4, 0.5) is 4.39 Å². The van der Waals surface area contributed by atoms with Gasteiger partial charge in [-0.15, -0.1) is 0 Å². The number of ether oxygens (including phenoxy) is 2. The van der Waals surface area contributed by atoms with Crippen LogP contribution >= 0.6 is 0 Å². The monoisotopic (exact) mass is 348 g/mol. The molecule has 26 heavy (non-hydrogen) atoms. The molecule has 130 valence electrons. The maximum absolute atomic E-state index is 12.1. The molecule has 0 unspecified atom stereocenters. The number of nitrogens with zero attached hydrogens (tertiary/aromatic N) is 2. The van der Waals surface area contributed by atoms with E-state index in [1.54, 1.807) is 55.7 Å². The van der Waals surface area contributed by atoms with Crippen molar-refractivity contribution in [2.75, 3.05) is 20.4 Å². The predicted molar refractivity (Wildman–Crippen MR) is 100 cm³/mol. The van der Waals surface area contributed by atoms with Crippen molar-refractivity contribution in [3.8, 4) is 11.5 Å². The minimum atomic E-state index is -0.548. The Labute approximate surface area is 152 Å². The lowest BCUT2D eigenvalue weighted by atomic mass is 10.1. The Balaban J connectivity index is 2.26. The van der Waals surface area contributed by atoms with Gasteiger partial charge in [0.25, 0.3) is 0 Å². The number of hydrogen-bond acceptors (Lipinski definition) is 2. The Hall–Kier alpha value is -3.57. The van der Waals surface area contributed by atoms with Crippen molar-refractivity contribution in [2.45, 2.75) is 0 Å². The van der Waals surface area contributed by atoms with Gasteiger partial charge in [-0.3, -0.25) is 9.69 Å². The summed E-state index contributed by atoms with van der Waals surface area (Å²) in [6.45, 7) is 14.2. The van der Waals surface area contributed by atoms with Crippen molar-refractivity contribution >= 4 is 12.2 Å². The summed E-state index contributed by atoms with van der Waals surface area (Å²) in [5, 5.41) is 0. The van der Waals surface area contributed by atoms with Crippen molar-refractivity contribution < 1.29 is 13.9 Å². The van der Waals surface area contributed by atoms with Crippen LogP contribution < -0.4 is 9.47 Å². The van der Waals surface area contributed by atoms with Crippen LogP contribution in [0.1, 0.15) is 11.1 Å². The summed E-state index contributed by atoms with van der Waals surface area (Å²) in [7, 11) is 1.59. The van der Waals surface area contributed by atoms with Crippen LogP contribution in [-0.4, -0.2) is 20.4 Å². The lowest BCUT2D eigenvalue weighted by Gasteiger charge is -2.04. The molecule has 0 heterocycles. The number of methoxy groups -OCH3 is 1. The van der Waals surface area contributed by atoms with Crippen LogP contribution in [0.25, 0.3) is 21.8 Å².